The molecule has 23 heavy (non-hydrogen) atoms. The predicted molar refractivity (Wildman–Crippen MR) is 82.4 cm³/mol. The van der Waals surface area contributed by atoms with Crippen molar-refractivity contribution in [3.05, 3.63) is 48.4 Å². The average molecular weight is 315 g/mol. The van der Waals surface area contributed by atoms with Crippen LogP contribution in [-0.2, 0) is 4.79 Å². The van der Waals surface area contributed by atoms with Crippen molar-refractivity contribution in [3.63, 3.8) is 0 Å². The van der Waals surface area contributed by atoms with Crippen molar-refractivity contribution in [3.8, 4) is 11.6 Å². The third-order valence-corrected chi connectivity index (χ3v) is 3.07. The van der Waals surface area contributed by atoms with Gasteiger partial charge in [-0.1, -0.05) is 6.07 Å². The number of hydrogen-bond donors (Lipinski definition) is 1. The molecule has 7 nitrogen and oxygen atoms in total. The van der Waals surface area contributed by atoms with E-state index in [0.29, 0.717) is 30.2 Å². The fraction of sp³-hybridized carbons (Fsp3) is 0.250. The minimum absolute atomic E-state index is 0.0352. The highest BCUT2D eigenvalue weighted by atomic mass is 16.5. The fourth-order valence-electron chi connectivity index (χ4n) is 1.94. The van der Waals surface area contributed by atoms with Crippen LogP contribution >= 0.6 is 0 Å². The number of carbonyl (C=O) groups excluding carboxylic acids is 1. The zero-order chi connectivity index (χ0) is 16.7. The van der Waals surface area contributed by atoms with E-state index in [1.54, 1.807) is 37.5 Å². The van der Waals surface area contributed by atoms with E-state index in [9.17, 15) is 9.59 Å². The molecule has 0 radical (unpaired) electrons. The molecule has 0 aliphatic heterocycles. The number of carboxylic acid groups (broad SMARTS) is 1. The number of nitrogens with zero attached hydrogens (tertiary/aromatic N) is 3. The van der Waals surface area contributed by atoms with Gasteiger partial charge >= 0.3 is 5.97 Å². The summed E-state index contributed by atoms with van der Waals surface area (Å²) in [5, 5.41) is 8.63. The molecule has 1 aromatic heterocycles. The first kappa shape index (κ1) is 16.4. The van der Waals surface area contributed by atoms with Gasteiger partial charge in [0.05, 0.1) is 6.20 Å². The van der Waals surface area contributed by atoms with E-state index in [2.05, 4.69) is 9.97 Å². The molecule has 0 saturated carbocycles. The maximum atomic E-state index is 12.3. The molecule has 1 heterocycles. The van der Waals surface area contributed by atoms with Crippen molar-refractivity contribution in [2.24, 2.45) is 0 Å². The van der Waals surface area contributed by atoms with Crippen LogP contribution in [0.4, 0.5) is 0 Å². The van der Waals surface area contributed by atoms with E-state index in [1.165, 1.54) is 17.3 Å². The molecule has 1 aromatic carbocycles. The first-order valence-corrected chi connectivity index (χ1v) is 7.07. The monoisotopic (exact) mass is 315 g/mol. The van der Waals surface area contributed by atoms with Gasteiger partial charge in [-0.05, 0) is 24.6 Å². The van der Waals surface area contributed by atoms with E-state index >= 15 is 0 Å². The zero-order valence-corrected chi connectivity index (χ0v) is 12.7. The summed E-state index contributed by atoms with van der Waals surface area (Å²) in [6.45, 7) is 0.375. The smallest absolute Gasteiger partial charge is 0.303 e. The van der Waals surface area contributed by atoms with Crippen LogP contribution in [0.3, 0.4) is 0 Å². The molecule has 0 aliphatic rings. The Bertz CT molecular complexity index is 676. The van der Waals surface area contributed by atoms with Crippen molar-refractivity contribution in [1.29, 1.82) is 0 Å². The Hall–Kier alpha value is -2.96. The van der Waals surface area contributed by atoms with Gasteiger partial charge in [-0.15, -0.1) is 0 Å². The van der Waals surface area contributed by atoms with Gasteiger partial charge in [0.15, 0.2) is 0 Å². The van der Waals surface area contributed by atoms with Gasteiger partial charge in [0, 0.05) is 38.0 Å². The second-order valence-electron chi connectivity index (χ2n) is 4.90. The molecule has 1 amide bonds. The zero-order valence-electron chi connectivity index (χ0n) is 12.7. The minimum Gasteiger partial charge on any atom is -0.481 e. The molecule has 0 unspecified atom stereocenters. The highest BCUT2D eigenvalue weighted by molar-refractivity contribution is 5.94. The maximum absolute atomic E-state index is 12.3. The van der Waals surface area contributed by atoms with Crippen LogP contribution in [0, 0.1) is 0 Å². The van der Waals surface area contributed by atoms with Gasteiger partial charge in [0.1, 0.15) is 5.75 Å². The van der Waals surface area contributed by atoms with Crippen molar-refractivity contribution in [2.45, 2.75) is 12.8 Å². The maximum Gasteiger partial charge on any atom is 0.303 e. The van der Waals surface area contributed by atoms with Crippen LogP contribution < -0.4 is 4.74 Å². The molecule has 2 rings (SSSR count). The third kappa shape index (κ3) is 5.06. The molecule has 0 atom stereocenters. The van der Waals surface area contributed by atoms with E-state index in [-0.39, 0.29) is 12.3 Å². The van der Waals surface area contributed by atoms with Crippen molar-refractivity contribution in [2.75, 3.05) is 13.6 Å². The van der Waals surface area contributed by atoms with E-state index in [1.807, 2.05) is 0 Å². The summed E-state index contributed by atoms with van der Waals surface area (Å²) >= 11 is 0. The Morgan fingerprint density at radius 1 is 1.30 bits per heavy atom. The average Bonchev–Trinajstić information content (AvgIpc) is 2.55. The van der Waals surface area contributed by atoms with Crippen LogP contribution in [0.25, 0.3) is 0 Å². The summed E-state index contributed by atoms with van der Waals surface area (Å²) in [6.07, 6.45) is 4.98. The highest BCUT2D eigenvalue weighted by Gasteiger charge is 2.13. The molecule has 2 aromatic rings. The van der Waals surface area contributed by atoms with Crippen LogP contribution in [0.15, 0.2) is 42.9 Å². The Labute approximate surface area is 133 Å². The molecule has 7 heteroatoms. The Kier molecular flexibility index (Phi) is 5.62. The molecule has 0 spiro atoms. The lowest BCUT2D eigenvalue weighted by atomic mass is 10.2. The second-order valence-corrected chi connectivity index (χ2v) is 4.90. The van der Waals surface area contributed by atoms with Crippen molar-refractivity contribution in [1.82, 2.24) is 14.9 Å². The number of carboxylic acids is 1. The van der Waals surface area contributed by atoms with Crippen molar-refractivity contribution < 1.29 is 19.4 Å². The summed E-state index contributed by atoms with van der Waals surface area (Å²) in [5.74, 6) is -0.243. The van der Waals surface area contributed by atoms with Gasteiger partial charge in [0.2, 0.25) is 5.88 Å². The number of benzene rings is 1. The number of amides is 1. The van der Waals surface area contributed by atoms with Crippen LogP contribution in [0.5, 0.6) is 11.6 Å². The first-order valence-electron chi connectivity index (χ1n) is 7.07. The lowest BCUT2D eigenvalue weighted by molar-refractivity contribution is -0.137. The molecular weight excluding hydrogens is 298 g/mol. The normalized spacial score (nSPS) is 10.1. The lowest BCUT2D eigenvalue weighted by Gasteiger charge is -2.17. The number of aliphatic carboxylic acids is 1. The SMILES string of the molecule is CN(CCCC(=O)O)C(=O)c1cccc(Oc2cnccn2)c1. The van der Waals surface area contributed by atoms with E-state index in [4.69, 9.17) is 9.84 Å². The summed E-state index contributed by atoms with van der Waals surface area (Å²) < 4.78 is 5.54. The number of hydrogen-bond acceptors (Lipinski definition) is 5. The van der Waals surface area contributed by atoms with E-state index in [0.717, 1.165) is 0 Å². The first-order chi connectivity index (χ1) is 11.1. The van der Waals surface area contributed by atoms with Gasteiger partial charge in [0.25, 0.3) is 5.91 Å². The standard InChI is InChI=1S/C16H17N3O4/c1-19(9-3-6-15(20)21)16(22)12-4-2-5-13(10-12)23-14-11-17-7-8-18-14/h2,4-5,7-8,10-11H,3,6,9H2,1H3,(H,20,21). The number of rotatable bonds is 7. The van der Waals surface area contributed by atoms with Crippen LogP contribution in [-0.4, -0.2) is 45.4 Å². The lowest BCUT2D eigenvalue weighted by Crippen LogP contribution is -2.28. The highest BCUT2D eigenvalue weighted by Crippen LogP contribution is 2.20. The summed E-state index contributed by atoms with van der Waals surface area (Å²) in [7, 11) is 1.64. The fourth-order valence-corrected chi connectivity index (χ4v) is 1.94. The molecular formula is C16H17N3O4. The summed E-state index contributed by atoms with van der Waals surface area (Å²) in [4.78, 5) is 32.2. The quantitative estimate of drug-likeness (QED) is 0.842. The number of carbonyl (C=O) groups is 2. The molecule has 0 saturated heterocycles. The molecule has 0 bridgehead atoms. The van der Waals surface area contributed by atoms with Gasteiger partial charge in [-0.3, -0.25) is 14.6 Å². The molecule has 1 N–H and O–H groups in total. The van der Waals surface area contributed by atoms with Gasteiger partial charge < -0.3 is 14.7 Å². The molecule has 0 aliphatic carbocycles. The van der Waals surface area contributed by atoms with Gasteiger partial charge in [-0.25, -0.2) is 4.98 Å². The predicted octanol–water partition coefficient (Wildman–Crippen LogP) is 2.21. The second kappa shape index (κ2) is 7.88. The number of ether oxygens (including phenoxy) is 1. The topological polar surface area (TPSA) is 92.6 Å². The Morgan fingerprint density at radius 3 is 2.83 bits per heavy atom. The molecule has 120 valence electrons. The third-order valence-electron chi connectivity index (χ3n) is 3.07. The van der Waals surface area contributed by atoms with E-state index < -0.39 is 5.97 Å². The summed E-state index contributed by atoms with van der Waals surface area (Å²) in [5.41, 5.74) is 0.462. The van der Waals surface area contributed by atoms with Crippen molar-refractivity contribution >= 4 is 11.9 Å². The Morgan fingerprint density at radius 2 is 2.13 bits per heavy atom. The largest absolute Gasteiger partial charge is 0.481 e. The van der Waals surface area contributed by atoms with Gasteiger partial charge in [-0.2, -0.15) is 0 Å². The number of aromatic nitrogens is 2. The minimum atomic E-state index is -0.870. The molecule has 0 fully saturated rings. The van der Waals surface area contributed by atoms with Crippen LogP contribution in [0.2, 0.25) is 0 Å². The van der Waals surface area contributed by atoms with Crippen LogP contribution in [0.1, 0.15) is 23.2 Å². The Balaban J connectivity index is 2.00. The summed E-state index contributed by atoms with van der Waals surface area (Å²) in [6, 6.07) is 6.73.